The number of anilines is 1. The van der Waals surface area contributed by atoms with Crippen molar-refractivity contribution in [2.75, 3.05) is 5.32 Å². The number of aliphatic carboxylic acids is 1. The summed E-state index contributed by atoms with van der Waals surface area (Å²) in [5.41, 5.74) is 1.43. The Morgan fingerprint density at radius 2 is 1.68 bits per heavy atom. The van der Waals surface area contributed by atoms with E-state index in [1.807, 2.05) is 30.3 Å². The molecule has 1 amide bonds. The maximum absolute atomic E-state index is 11.7. The fraction of sp³-hybridized carbons (Fsp3) is 0. The standard InChI is InChI=1S/C16H10N2O4/c17-9-14(19)12-8-11(10-4-2-1-3-5-10)6-7-13(12)18-15(20)16(21)22/h1-8H,(H,18,20)(H,21,22). The maximum atomic E-state index is 11.7. The van der Waals surface area contributed by atoms with Gasteiger partial charge in [0, 0.05) is 0 Å². The van der Waals surface area contributed by atoms with Crippen molar-refractivity contribution in [2.45, 2.75) is 0 Å². The molecule has 2 aromatic rings. The van der Waals surface area contributed by atoms with Crippen LogP contribution in [0.4, 0.5) is 5.69 Å². The van der Waals surface area contributed by atoms with Gasteiger partial charge in [-0.3, -0.25) is 9.59 Å². The van der Waals surface area contributed by atoms with Crippen LogP contribution >= 0.6 is 0 Å². The minimum atomic E-state index is -1.68. The minimum Gasteiger partial charge on any atom is -0.474 e. The predicted molar refractivity (Wildman–Crippen MR) is 78.1 cm³/mol. The third-order valence-corrected chi connectivity index (χ3v) is 2.92. The van der Waals surface area contributed by atoms with E-state index in [0.29, 0.717) is 5.56 Å². The van der Waals surface area contributed by atoms with E-state index in [-0.39, 0.29) is 11.3 Å². The van der Waals surface area contributed by atoms with Crippen LogP contribution in [-0.4, -0.2) is 22.8 Å². The molecule has 0 unspecified atom stereocenters. The second-order valence-electron chi connectivity index (χ2n) is 4.33. The summed E-state index contributed by atoms with van der Waals surface area (Å²) in [4.78, 5) is 33.5. The van der Waals surface area contributed by atoms with Crippen LogP contribution in [0.5, 0.6) is 0 Å². The predicted octanol–water partition coefficient (Wildman–Crippen LogP) is 2.08. The van der Waals surface area contributed by atoms with Crippen LogP contribution in [-0.2, 0) is 9.59 Å². The summed E-state index contributed by atoms with van der Waals surface area (Å²) < 4.78 is 0. The molecule has 0 spiro atoms. The summed E-state index contributed by atoms with van der Waals surface area (Å²) in [5.74, 6) is -3.82. The normalized spacial score (nSPS) is 9.59. The quantitative estimate of drug-likeness (QED) is 0.512. The van der Waals surface area contributed by atoms with Crippen LogP contribution in [0.3, 0.4) is 0 Å². The number of carbonyl (C=O) groups excluding carboxylic acids is 2. The molecule has 0 saturated carbocycles. The van der Waals surface area contributed by atoms with Crippen molar-refractivity contribution in [2.24, 2.45) is 0 Å². The highest BCUT2D eigenvalue weighted by Gasteiger charge is 2.17. The smallest absolute Gasteiger partial charge is 0.394 e. The van der Waals surface area contributed by atoms with Crippen LogP contribution in [0.15, 0.2) is 48.5 Å². The molecule has 6 heteroatoms. The van der Waals surface area contributed by atoms with Crippen LogP contribution in [0.2, 0.25) is 0 Å². The molecule has 6 nitrogen and oxygen atoms in total. The molecular weight excluding hydrogens is 284 g/mol. The van der Waals surface area contributed by atoms with Gasteiger partial charge < -0.3 is 10.4 Å². The molecule has 2 N–H and O–H groups in total. The second kappa shape index (κ2) is 6.33. The van der Waals surface area contributed by atoms with E-state index < -0.39 is 17.7 Å². The van der Waals surface area contributed by atoms with Crippen molar-refractivity contribution in [1.29, 1.82) is 5.26 Å². The highest BCUT2D eigenvalue weighted by molar-refractivity contribution is 6.37. The van der Waals surface area contributed by atoms with E-state index in [1.54, 1.807) is 6.07 Å². The number of carboxylic acids is 1. The minimum absolute atomic E-state index is 0.0152. The average molecular weight is 294 g/mol. The Balaban J connectivity index is 2.48. The van der Waals surface area contributed by atoms with Crippen molar-refractivity contribution in [3.63, 3.8) is 0 Å². The zero-order valence-corrected chi connectivity index (χ0v) is 11.2. The topological polar surface area (TPSA) is 107 Å². The molecule has 0 atom stereocenters. The lowest BCUT2D eigenvalue weighted by atomic mass is 10.00. The molecule has 22 heavy (non-hydrogen) atoms. The van der Waals surface area contributed by atoms with Crippen molar-refractivity contribution < 1.29 is 19.5 Å². The van der Waals surface area contributed by atoms with E-state index in [9.17, 15) is 14.4 Å². The summed E-state index contributed by atoms with van der Waals surface area (Å²) in [6.45, 7) is 0. The Morgan fingerprint density at radius 1 is 1.00 bits per heavy atom. The molecule has 0 aromatic heterocycles. The van der Waals surface area contributed by atoms with Gasteiger partial charge in [-0.1, -0.05) is 36.4 Å². The van der Waals surface area contributed by atoms with Gasteiger partial charge >= 0.3 is 11.9 Å². The molecular formula is C16H10N2O4. The van der Waals surface area contributed by atoms with Crippen LogP contribution in [0.1, 0.15) is 10.4 Å². The molecule has 0 aliphatic heterocycles. The number of amides is 1. The van der Waals surface area contributed by atoms with Gasteiger partial charge in [0.05, 0.1) is 11.3 Å². The summed E-state index contributed by atoms with van der Waals surface area (Å²) in [7, 11) is 0. The fourth-order valence-electron chi connectivity index (χ4n) is 1.89. The Labute approximate surface area is 125 Å². The number of ketones is 1. The Morgan fingerprint density at radius 3 is 2.27 bits per heavy atom. The van der Waals surface area contributed by atoms with Gasteiger partial charge in [-0.2, -0.15) is 5.26 Å². The first-order valence-corrected chi connectivity index (χ1v) is 6.21. The van der Waals surface area contributed by atoms with Crippen molar-refractivity contribution in [1.82, 2.24) is 0 Å². The van der Waals surface area contributed by atoms with Crippen molar-refractivity contribution in [3.05, 3.63) is 54.1 Å². The second-order valence-corrected chi connectivity index (χ2v) is 4.33. The molecule has 2 rings (SSSR count). The lowest BCUT2D eigenvalue weighted by Crippen LogP contribution is -2.23. The number of hydrogen-bond donors (Lipinski definition) is 2. The van der Waals surface area contributed by atoms with Crippen LogP contribution in [0, 0.1) is 11.3 Å². The number of nitrogens with zero attached hydrogens (tertiary/aromatic N) is 1. The summed E-state index contributed by atoms with van der Waals surface area (Å²) in [6, 6.07) is 15.1. The summed E-state index contributed by atoms with van der Waals surface area (Å²) in [6.07, 6.45) is 0. The van der Waals surface area contributed by atoms with Gasteiger partial charge in [0.1, 0.15) is 6.07 Å². The summed E-state index contributed by atoms with van der Waals surface area (Å²) >= 11 is 0. The fourth-order valence-corrected chi connectivity index (χ4v) is 1.89. The van der Waals surface area contributed by atoms with Crippen LogP contribution < -0.4 is 5.32 Å². The van der Waals surface area contributed by atoms with E-state index in [4.69, 9.17) is 10.4 Å². The molecule has 0 radical (unpaired) electrons. The Kier molecular flexibility index (Phi) is 4.30. The largest absolute Gasteiger partial charge is 0.474 e. The van der Waals surface area contributed by atoms with Crippen LogP contribution in [0.25, 0.3) is 11.1 Å². The first-order chi connectivity index (χ1) is 10.5. The van der Waals surface area contributed by atoms with Gasteiger partial charge in [0.25, 0.3) is 5.78 Å². The monoisotopic (exact) mass is 294 g/mol. The molecule has 0 heterocycles. The van der Waals surface area contributed by atoms with E-state index in [0.717, 1.165) is 5.56 Å². The third-order valence-electron chi connectivity index (χ3n) is 2.92. The van der Waals surface area contributed by atoms with Crippen molar-refractivity contribution in [3.8, 4) is 17.2 Å². The number of rotatable bonds is 3. The molecule has 0 aliphatic carbocycles. The maximum Gasteiger partial charge on any atom is 0.394 e. The van der Waals surface area contributed by atoms with Gasteiger partial charge in [-0.15, -0.1) is 0 Å². The zero-order chi connectivity index (χ0) is 16.1. The molecule has 0 fully saturated rings. The zero-order valence-electron chi connectivity index (χ0n) is 11.2. The first-order valence-electron chi connectivity index (χ1n) is 6.21. The molecule has 108 valence electrons. The van der Waals surface area contributed by atoms with Gasteiger partial charge in [-0.05, 0) is 23.3 Å². The number of hydrogen-bond acceptors (Lipinski definition) is 4. The average Bonchev–Trinajstić information content (AvgIpc) is 2.55. The molecule has 0 aliphatic rings. The third kappa shape index (κ3) is 3.16. The highest BCUT2D eigenvalue weighted by Crippen LogP contribution is 2.25. The number of nitriles is 1. The van der Waals surface area contributed by atoms with E-state index in [2.05, 4.69) is 5.32 Å². The summed E-state index contributed by atoms with van der Waals surface area (Å²) in [5, 5.41) is 19.5. The molecule has 0 saturated heterocycles. The number of nitrogens with one attached hydrogen (secondary N) is 1. The van der Waals surface area contributed by atoms with Crippen molar-refractivity contribution >= 4 is 23.3 Å². The van der Waals surface area contributed by atoms with E-state index in [1.165, 1.54) is 18.2 Å². The van der Waals surface area contributed by atoms with E-state index >= 15 is 0 Å². The highest BCUT2D eigenvalue weighted by atomic mass is 16.4. The van der Waals surface area contributed by atoms with Gasteiger partial charge in [0.15, 0.2) is 0 Å². The number of benzene rings is 2. The molecule has 0 bridgehead atoms. The molecule has 2 aromatic carbocycles. The lowest BCUT2D eigenvalue weighted by Gasteiger charge is -2.09. The number of carbonyl (C=O) groups is 3. The number of Topliss-reactive ketones (excluding diaryl/α,β-unsaturated/α-hetero) is 1. The Hall–Kier alpha value is -3.46. The first kappa shape index (κ1) is 14.9. The SMILES string of the molecule is N#CC(=O)c1cc(-c2ccccc2)ccc1NC(=O)C(=O)O. The van der Waals surface area contributed by atoms with Gasteiger partial charge in [-0.25, -0.2) is 4.79 Å². The van der Waals surface area contributed by atoms with Gasteiger partial charge in [0.2, 0.25) is 0 Å². The lowest BCUT2D eigenvalue weighted by molar-refractivity contribution is -0.147. The number of carboxylic acid groups (broad SMARTS) is 1. The Bertz CT molecular complexity index is 792.